The molecule has 1 saturated heterocycles. The third-order valence-corrected chi connectivity index (χ3v) is 6.54. The molecule has 4 rings (SSSR count). The average Bonchev–Trinajstić information content (AvgIpc) is 2.86. The molecular weight excluding hydrogens is 449 g/mol. The standard InChI is InChI=1S/C27H32FN3O4/c28-22-12-10-19(11-13-22)14-23-16-31(25(17-32)26(33)29-23)15-21-8-4-5-9-24(21)30-27(34)35-18-20-6-2-1-3-7-20/h1-3,6-7,10-13,15,23-25,32H,4-5,8-9,14,16-18H2,(H,29,33)(H,30,34)/b21-15-/t23-,24+,25-/m0/s1. The summed E-state index contributed by atoms with van der Waals surface area (Å²) in [6.45, 7) is 0.390. The van der Waals surface area contributed by atoms with Gasteiger partial charge in [-0.15, -0.1) is 0 Å². The van der Waals surface area contributed by atoms with Gasteiger partial charge in [0.15, 0.2) is 0 Å². The van der Waals surface area contributed by atoms with Gasteiger partial charge in [-0.3, -0.25) is 4.79 Å². The number of carbonyl (C=O) groups is 2. The topological polar surface area (TPSA) is 90.9 Å². The van der Waals surface area contributed by atoms with Gasteiger partial charge < -0.3 is 25.4 Å². The fourth-order valence-corrected chi connectivity index (χ4v) is 4.70. The summed E-state index contributed by atoms with van der Waals surface area (Å²) in [6, 6.07) is 14.7. The zero-order valence-electron chi connectivity index (χ0n) is 19.7. The van der Waals surface area contributed by atoms with Gasteiger partial charge in [0.25, 0.3) is 0 Å². The Labute approximate surface area is 205 Å². The number of amides is 2. The number of hydrogen-bond donors (Lipinski definition) is 3. The molecule has 1 aliphatic carbocycles. The molecule has 3 atom stereocenters. The van der Waals surface area contributed by atoms with Gasteiger partial charge in [0.05, 0.1) is 18.7 Å². The largest absolute Gasteiger partial charge is 0.445 e. The van der Waals surface area contributed by atoms with Gasteiger partial charge >= 0.3 is 6.09 Å². The van der Waals surface area contributed by atoms with Crippen LogP contribution in [0.4, 0.5) is 9.18 Å². The third kappa shape index (κ3) is 6.82. The van der Waals surface area contributed by atoms with Gasteiger partial charge in [0, 0.05) is 12.7 Å². The molecule has 186 valence electrons. The Morgan fingerprint density at radius 3 is 2.66 bits per heavy atom. The second-order valence-electron chi connectivity index (χ2n) is 9.14. The molecular formula is C27H32FN3O4. The molecule has 2 aliphatic rings. The molecule has 1 heterocycles. The lowest BCUT2D eigenvalue weighted by Gasteiger charge is -2.39. The Balaban J connectivity index is 1.42. The first-order chi connectivity index (χ1) is 17.0. The van der Waals surface area contributed by atoms with Crippen LogP contribution in [-0.4, -0.2) is 53.3 Å². The van der Waals surface area contributed by atoms with Crippen LogP contribution < -0.4 is 10.6 Å². The maximum atomic E-state index is 13.3. The van der Waals surface area contributed by atoms with Crippen molar-refractivity contribution in [3.05, 3.63) is 83.3 Å². The Hall–Kier alpha value is -3.39. The minimum absolute atomic E-state index is 0.182. The van der Waals surface area contributed by atoms with Crippen LogP contribution in [0.15, 0.2) is 66.4 Å². The number of piperazine rings is 1. The van der Waals surface area contributed by atoms with Crippen molar-refractivity contribution in [2.45, 2.75) is 56.8 Å². The minimum atomic E-state index is -0.695. The zero-order valence-corrected chi connectivity index (χ0v) is 19.7. The quantitative estimate of drug-likeness (QED) is 0.565. The van der Waals surface area contributed by atoms with Gasteiger partial charge in [-0.2, -0.15) is 0 Å². The van der Waals surface area contributed by atoms with Crippen molar-refractivity contribution >= 4 is 12.0 Å². The van der Waals surface area contributed by atoms with E-state index in [9.17, 15) is 19.1 Å². The van der Waals surface area contributed by atoms with Gasteiger partial charge in [-0.05, 0) is 54.5 Å². The number of aliphatic hydroxyl groups excluding tert-OH is 1. The molecule has 8 heteroatoms. The second kappa shape index (κ2) is 11.8. The molecule has 0 radical (unpaired) electrons. The summed E-state index contributed by atoms with van der Waals surface area (Å²) in [5.74, 6) is -0.545. The first-order valence-electron chi connectivity index (χ1n) is 12.1. The maximum Gasteiger partial charge on any atom is 0.407 e. The fourth-order valence-electron chi connectivity index (χ4n) is 4.70. The lowest BCUT2D eigenvalue weighted by atomic mass is 9.90. The summed E-state index contributed by atoms with van der Waals surface area (Å²) >= 11 is 0. The summed E-state index contributed by atoms with van der Waals surface area (Å²) in [5.41, 5.74) is 2.85. The number of halogens is 1. The van der Waals surface area contributed by atoms with E-state index < -0.39 is 12.1 Å². The van der Waals surface area contributed by atoms with E-state index in [0.29, 0.717) is 13.0 Å². The van der Waals surface area contributed by atoms with E-state index in [4.69, 9.17) is 4.74 Å². The number of carbonyl (C=O) groups excluding carboxylic acids is 2. The number of hydrogen-bond acceptors (Lipinski definition) is 5. The fraction of sp³-hybridized carbons (Fsp3) is 0.407. The van der Waals surface area contributed by atoms with E-state index in [1.165, 1.54) is 12.1 Å². The first kappa shape index (κ1) is 24.7. The van der Waals surface area contributed by atoms with Crippen LogP contribution in [0.1, 0.15) is 36.8 Å². The van der Waals surface area contributed by atoms with Crippen molar-refractivity contribution < 1.29 is 23.8 Å². The number of rotatable bonds is 7. The summed E-state index contributed by atoms with van der Waals surface area (Å²) < 4.78 is 18.7. The van der Waals surface area contributed by atoms with Gasteiger partial charge in [-0.25, -0.2) is 9.18 Å². The van der Waals surface area contributed by atoms with Crippen LogP contribution in [0.5, 0.6) is 0 Å². The maximum absolute atomic E-state index is 13.3. The van der Waals surface area contributed by atoms with Crippen LogP contribution >= 0.6 is 0 Å². The highest BCUT2D eigenvalue weighted by Crippen LogP contribution is 2.26. The number of alkyl carbamates (subject to hydrolysis) is 1. The first-order valence-corrected chi connectivity index (χ1v) is 12.1. The molecule has 2 aromatic rings. The van der Waals surface area contributed by atoms with E-state index >= 15 is 0 Å². The lowest BCUT2D eigenvalue weighted by molar-refractivity contribution is -0.130. The molecule has 1 aliphatic heterocycles. The molecule has 0 spiro atoms. The SMILES string of the molecule is O=C(N[C@@H]1CCCC/C1=C/N1C[C@H](Cc2ccc(F)cc2)NC(=O)[C@@H]1CO)OCc1ccccc1. The molecule has 2 fully saturated rings. The Morgan fingerprint density at radius 1 is 1.14 bits per heavy atom. The second-order valence-corrected chi connectivity index (χ2v) is 9.14. The van der Waals surface area contributed by atoms with Crippen LogP contribution in [0, 0.1) is 5.82 Å². The van der Waals surface area contributed by atoms with Gasteiger partial charge in [0.2, 0.25) is 5.91 Å². The molecule has 0 bridgehead atoms. The van der Waals surface area contributed by atoms with E-state index in [0.717, 1.165) is 42.4 Å². The van der Waals surface area contributed by atoms with Gasteiger partial charge in [0.1, 0.15) is 18.5 Å². The van der Waals surface area contributed by atoms with E-state index in [1.807, 2.05) is 41.4 Å². The van der Waals surface area contributed by atoms with Crippen molar-refractivity contribution in [2.24, 2.45) is 0 Å². The van der Waals surface area contributed by atoms with Crippen molar-refractivity contribution in [2.75, 3.05) is 13.2 Å². The predicted molar refractivity (Wildman–Crippen MR) is 130 cm³/mol. The van der Waals surface area contributed by atoms with Crippen LogP contribution in [0.3, 0.4) is 0 Å². The van der Waals surface area contributed by atoms with Crippen molar-refractivity contribution in [1.82, 2.24) is 15.5 Å². The summed E-state index contributed by atoms with van der Waals surface area (Å²) in [7, 11) is 0. The van der Waals surface area contributed by atoms with Crippen molar-refractivity contribution in [1.29, 1.82) is 0 Å². The van der Waals surface area contributed by atoms with Crippen LogP contribution in [-0.2, 0) is 22.6 Å². The number of nitrogens with one attached hydrogen (secondary N) is 2. The van der Waals surface area contributed by atoms with E-state index in [-0.39, 0.29) is 37.0 Å². The molecule has 2 amide bonds. The molecule has 3 N–H and O–H groups in total. The molecule has 0 unspecified atom stereocenters. The molecule has 2 aromatic carbocycles. The zero-order chi connectivity index (χ0) is 24.6. The summed E-state index contributed by atoms with van der Waals surface area (Å²) in [5, 5.41) is 15.8. The highest BCUT2D eigenvalue weighted by Gasteiger charge is 2.33. The van der Waals surface area contributed by atoms with Crippen molar-refractivity contribution in [3.63, 3.8) is 0 Å². The number of ether oxygens (including phenoxy) is 1. The van der Waals surface area contributed by atoms with E-state index in [1.54, 1.807) is 12.1 Å². The Morgan fingerprint density at radius 2 is 1.91 bits per heavy atom. The van der Waals surface area contributed by atoms with Gasteiger partial charge in [-0.1, -0.05) is 48.9 Å². The third-order valence-electron chi connectivity index (χ3n) is 6.54. The minimum Gasteiger partial charge on any atom is -0.445 e. The van der Waals surface area contributed by atoms with Crippen LogP contribution in [0.25, 0.3) is 0 Å². The van der Waals surface area contributed by atoms with Crippen molar-refractivity contribution in [3.8, 4) is 0 Å². The lowest BCUT2D eigenvalue weighted by Crippen LogP contribution is -2.60. The molecule has 1 saturated carbocycles. The highest BCUT2D eigenvalue weighted by atomic mass is 19.1. The monoisotopic (exact) mass is 481 g/mol. The molecule has 0 aromatic heterocycles. The van der Waals surface area contributed by atoms with Crippen LogP contribution in [0.2, 0.25) is 0 Å². The number of aliphatic hydroxyl groups is 1. The van der Waals surface area contributed by atoms with E-state index in [2.05, 4.69) is 10.6 Å². The number of nitrogens with zero attached hydrogens (tertiary/aromatic N) is 1. The molecule has 35 heavy (non-hydrogen) atoms. The Bertz CT molecular complexity index is 1030. The molecule has 7 nitrogen and oxygen atoms in total. The predicted octanol–water partition coefficient (Wildman–Crippen LogP) is 3.28. The summed E-state index contributed by atoms with van der Waals surface area (Å²) in [6.07, 6.45) is 5.56. The Kier molecular flexibility index (Phi) is 8.36. The number of benzene rings is 2. The normalized spacial score (nSPS) is 23.6. The average molecular weight is 482 g/mol. The smallest absolute Gasteiger partial charge is 0.407 e. The summed E-state index contributed by atoms with van der Waals surface area (Å²) in [4.78, 5) is 27.1. The highest BCUT2D eigenvalue weighted by molar-refractivity contribution is 5.83.